The Morgan fingerprint density at radius 3 is 1.94 bits per heavy atom. The molecule has 33 heavy (non-hydrogen) atoms. The molecule has 182 valence electrons. The Hall–Kier alpha value is -3.51. The average molecular weight is 466 g/mol. The largest absolute Gasteiger partial charge is 0.480 e. The first kappa shape index (κ1) is 27.5. The number of carboxylic acid groups (broad SMARTS) is 1. The fraction of sp³-hybridized carbons (Fsp3) is 0.476. The average Bonchev–Trinajstić information content (AvgIpc) is 2.75. The van der Waals surface area contributed by atoms with Gasteiger partial charge in [-0.15, -0.1) is 0 Å². The van der Waals surface area contributed by atoms with Gasteiger partial charge in [0.15, 0.2) is 0 Å². The molecular weight excluding hydrogens is 434 g/mol. The Morgan fingerprint density at radius 2 is 1.45 bits per heavy atom. The minimum atomic E-state index is -1.47. The lowest BCUT2D eigenvalue weighted by Gasteiger charge is -2.25. The smallest absolute Gasteiger partial charge is 0.326 e. The number of aliphatic hydroxyl groups excluding tert-OH is 1. The second-order valence-corrected chi connectivity index (χ2v) is 7.84. The van der Waals surface area contributed by atoms with E-state index in [2.05, 4.69) is 16.0 Å². The van der Waals surface area contributed by atoms with Crippen molar-refractivity contribution in [3.05, 3.63) is 35.9 Å². The molecule has 0 aliphatic heterocycles. The first-order valence-corrected chi connectivity index (χ1v) is 10.3. The standard InChI is InChI=1S/C21H31N5O7/c1-11(2)17(21(32)33)26-20(31)15(9-16(23)28)25-19(30)14(24-18(29)13(22)10-27)8-12-6-4-3-5-7-12/h3-7,11,13-15,17,27H,8-10,22H2,1-2H3,(H2,23,28)(H,24,29)(H,25,30)(H,26,31)(H,32,33). The normalized spacial score (nSPS) is 14.5. The quantitative estimate of drug-likeness (QED) is 0.167. The topological polar surface area (TPSA) is 214 Å². The third-order valence-electron chi connectivity index (χ3n) is 4.72. The molecular formula is C21H31N5O7. The van der Waals surface area contributed by atoms with Crippen LogP contribution in [0.15, 0.2) is 30.3 Å². The van der Waals surface area contributed by atoms with Crippen molar-refractivity contribution in [3.8, 4) is 0 Å². The number of nitrogens with two attached hydrogens (primary N) is 2. The molecule has 0 bridgehead atoms. The molecule has 1 rings (SSSR count). The van der Waals surface area contributed by atoms with Crippen LogP contribution in [-0.2, 0) is 30.4 Å². The zero-order valence-corrected chi connectivity index (χ0v) is 18.5. The molecule has 0 radical (unpaired) electrons. The summed E-state index contributed by atoms with van der Waals surface area (Å²) in [5.41, 5.74) is 11.4. The lowest BCUT2D eigenvalue weighted by molar-refractivity contribution is -0.143. The Kier molecular flexibility index (Phi) is 11.0. The van der Waals surface area contributed by atoms with Gasteiger partial charge in [-0.3, -0.25) is 19.2 Å². The highest BCUT2D eigenvalue weighted by atomic mass is 16.4. The predicted octanol–water partition coefficient (Wildman–Crippen LogP) is -2.38. The number of amides is 4. The van der Waals surface area contributed by atoms with E-state index < -0.39 is 72.7 Å². The summed E-state index contributed by atoms with van der Waals surface area (Å²) >= 11 is 0. The van der Waals surface area contributed by atoms with Gasteiger partial charge < -0.3 is 37.6 Å². The molecule has 4 atom stereocenters. The van der Waals surface area contributed by atoms with Gasteiger partial charge in [-0.1, -0.05) is 44.2 Å². The molecule has 12 heteroatoms. The van der Waals surface area contributed by atoms with Crippen molar-refractivity contribution in [2.75, 3.05) is 6.61 Å². The Labute approximate surface area is 191 Å². The Balaban J connectivity index is 3.09. The van der Waals surface area contributed by atoms with Crippen molar-refractivity contribution < 1.29 is 34.2 Å². The maximum atomic E-state index is 13.0. The van der Waals surface area contributed by atoms with Gasteiger partial charge in [0.1, 0.15) is 24.2 Å². The molecule has 0 aliphatic carbocycles. The van der Waals surface area contributed by atoms with E-state index in [1.807, 2.05) is 0 Å². The van der Waals surface area contributed by atoms with Crippen LogP contribution >= 0.6 is 0 Å². The maximum absolute atomic E-state index is 13.0. The van der Waals surface area contributed by atoms with Crippen LogP contribution < -0.4 is 27.4 Å². The first-order valence-electron chi connectivity index (χ1n) is 10.3. The number of nitrogens with one attached hydrogen (secondary N) is 3. The fourth-order valence-corrected chi connectivity index (χ4v) is 2.87. The van der Waals surface area contributed by atoms with Gasteiger partial charge in [-0.05, 0) is 11.5 Å². The minimum absolute atomic E-state index is 0.0191. The van der Waals surface area contributed by atoms with Crippen molar-refractivity contribution in [1.82, 2.24) is 16.0 Å². The monoisotopic (exact) mass is 465 g/mol. The lowest BCUT2D eigenvalue weighted by atomic mass is 10.0. The van der Waals surface area contributed by atoms with E-state index in [1.165, 1.54) is 0 Å². The lowest BCUT2D eigenvalue weighted by Crippen LogP contribution is -2.59. The molecule has 0 saturated carbocycles. The Morgan fingerprint density at radius 1 is 0.909 bits per heavy atom. The van der Waals surface area contributed by atoms with E-state index in [4.69, 9.17) is 16.6 Å². The van der Waals surface area contributed by atoms with Crippen LogP contribution in [0.4, 0.5) is 0 Å². The number of carbonyl (C=O) groups excluding carboxylic acids is 4. The molecule has 4 unspecified atom stereocenters. The predicted molar refractivity (Wildman–Crippen MR) is 117 cm³/mol. The molecule has 0 aromatic heterocycles. The van der Waals surface area contributed by atoms with E-state index in [-0.39, 0.29) is 6.42 Å². The summed E-state index contributed by atoms with van der Waals surface area (Å²) in [5, 5.41) is 25.4. The van der Waals surface area contributed by atoms with Gasteiger partial charge in [-0.2, -0.15) is 0 Å². The fourth-order valence-electron chi connectivity index (χ4n) is 2.87. The number of carbonyl (C=O) groups is 5. The van der Waals surface area contributed by atoms with Crippen LogP contribution in [-0.4, -0.2) is 70.6 Å². The summed E-state index contributed by atoms with van der Waals surface area (Å²) < 4.78 is 0. The van der Waals surface area contributed by atoms with Gasteiger partial charge in [-0.25, -0.2) is 4.79 Å². The van der Waals surface area contributed by atoms with E-state index in [9.17, 15) is 29.1 Å². The van der Waals surface area contributed by atoms with Crippen molar-refractivity contribution in [2.24, 2.45) is 17.4 Å². The highest BCUT2D eigenvalue weighted by molar-refractivity contribution is 5.96. The van der Waals surface area contributed by atoms with Crippen LogP contribution in [0.3, 0.4) is 0 Å². The van der Waals surface area contributed by atoms with Gasteiger partial charge in [0, 0.05) is 6.42 Å². The summed E-state index contributed by atoms with van der Waals surface area (Å²) in [6.45, 7) is 2.51. The summed E-state index contributed by atoms with van der Waals surface area (Å²) in [5.74, 6) is -5.19. The highest BCUT2D eigenvalue weighted by Crippen LogP contribution is 2.07. The van der Waals surface area contributed by atoms with Gasteiger partial charge in [0.2, 0.25) is 23.6 Å². The molecule has 0 aliphatic rings. The second kappa shape index (κ2) is 13.1. The van der Waals surface area contributed by atoms with Gasteiger partial charge in [0.25, 0.3) is 0 Å². The van der Waals surface area contributed by atoms with Crippen molar-refractivity contribution in [2.45, 2.75) is 50.9 Å². The first-order chi connectivity index (χ1) is 15.5. The molecule has 12 nitrogen and oxygen atoms in total. The van der Waals surface area contributed by atoms with E-state index in [0.717, 1.165) is 0 Å². The zero-order valence-electron chi connectivity index (χ0n) is 18.5. The van der Waals surface area contributed by atoms with Crippen LogP contribution in [0.5, 0.6) is 0 Å². The van der Waals surface area contributed by atoms with Crippen molar-refractivity contribution in [3.63, 3.8) is 0 Å². The number of rotatable bonds is 13. The summed E-state index contributed by atoms with van der Waals surface area (Å²) in [6, 6.07) is 3.44. The van der Waals surface area contributed by atoms with Gasteiger partial charge in [0.05, 0.1) is 13.0 Å². The number of carboxylic acids is 1. The number of hydrogen-bond donors (Lipinski definition) is 7. The Bertz CT molecular complexity index is 847. The molecule has 1 aromatic carbocycles. The number of hydrogen-bond acceptors (Lipinski definition) is 7. The molecule has 0 heterocycles. The van der Waals surface area contributed by atoms with E-state index in [1.54, 1.807) is 44.2 Å². The molecule has 0 saturated heterocycles. The van der Waals surface area contributed by atoms with E-state index >= 15 is 0 Å². The maximum Gasteiger partial charge on any atom is 0.326 e. The van der Waals surface area contributed by atoms with Crippen molar-refractivity contribution >= 4 is 29.6 Å². The number of primary amides is 1. The van der Waals surface area contributed by atoms with Crippen molar-refractivity contribution in [1.29, 1.82) is 0 Å². The summed E-state index contributed by atoms with van der Waals surface area (Å²) in [7, 11) is 0. The van der Waals surface area contributed by atoms with Crippen LogP contribution in [0, 0.1) is 5.92 Å². The molecule has 1 aromatic rings. The SMILES string of the molecule is CC(C)C(NC(=O)C(CC(N)=O)NC(=O)C(Cc1ccccc1)NC(=O)C(N)CO)C(=O)O. The molecule has 9 N–H and O–H groups in total. The number of aliphatic hydroxyl groups is 1. The molecule has 0 spiro atoms. The third kappa shape index (κ3) is 9.25. The summed E-state index contributed by atoms with van der Waals surface area (Å²) in [4.78, 5) is 60.7. The number of aliphatic carboxylic acids is 1. The second-order valence-electron chi connectivity index (χ2n) is 7.84. The minimum Gasteiger partial charge on any atom is -0.480 e. The zero-order chi connectivity index (χ0) is 25.1. The van der Waals surface area contributed by atoms with Crippen LogP contribution in [0.2, 0.25) is 0 Å². The third-order valence-corrected chi connectivity index (χ3v) is 4.72. The number of benzene rings is 1. The summed E-state index contributed by atoms with van der Waals surface area (Å²) in [6.07, 6.45) is -0.574. The van der Waals surface area contributed by atoms with E-state index in [0.29, 0.717) is 5.56 Å². The van der Waals surface area contributed by atoms with Crippen LogP contribution in [0.1, 0.15) is 25.8 Å². The highest BCUT2D eigenvalue weighted by Gasteiger charge is 2.32. The van der Waals surface area contributed by atoms with Gasteiger partial charge >= 0.3 is 5.97 Å². The molecule has 0 fully saturated rings. The van der Waals surface area contributed by atoms with Crippen LogP contribution in [0.25, 0.3) is 0 Å². The molecule has 4 amide bonds.